The summed E-state index contributed by atoms with van der Waals surface area (Å²) in [6.45, 7) is 6.13. The molecule has 2 aromatic rings. The normalized spacial score (nSPS) is 17.0. The number of aromatic nitrogens is 3. The molecule has 1 aromatic heterocycles. The van der Waals surface area contributed by atoms with Crippen LogP contribution in [0.25, 0.3) is 0 Å². The zero-order valence-corrected chi connectivity index (χ0v) is 15.4. The van der Waals surface area contributed by atoms with Gasteiger partial charge in [0, 0.05) is 19.0 Å². The lowest BCUT2D eigenvalue weighted by Crippen LogP contribution is -2.28. The number of benzene rings is 1. The van der Waals surface area contributed by atoms with E-state index in [-0.39, 0.29) is 30.2 Å². The smallest absolute Gasteiger partial charge is 0.248 e. The topological polar surface area (TPSA) is 89.3 Å². The first-order valence-electron chi connectivity index (χ1n) is 8.58. The Bertz CT molecular complexity index is 830. The van der Waals surface area contributed by atoms with Crippen molar-refractivity contribution in [3.8, 4) is 5.75 Å². The highest BCUT2D eigenvalue weighted by Gasteiger charge is 2.36. The molecule has 1 unspecified atom stereocenters. The number of hydrogen-bond donors (Lipinski definition) is 1. The molecule has 8 nitrogen and oxygen atoms in total. The van der Waals surface area contributed by atoms with Crippen LogP contribution in [0.1, 0.15) is 32.1 Å². The number of carbonyl (C=O) groups is 2. The minimum absolute atomic E-state index is 0.105. The Labute approximate surface area is 152 Å². The lowest BCUT2D eigenvalue weighted by Gasteiger charge is -2.19. The molecule has 2 heterocycles. The van der Waals surface area contributed by atoms with E-state index >= 15 is 0 Å². The molecule has 0 bridgehead atoms. The molecule has 1 fully saturated rings. The SMILES string of the molecule is COc1ccccc1N1CC(C(=O)Nc2nc(C)n(C(C)C)n2)CC1=O. The number of carbonyl (C=O) groups excluding carboxylic acids is 2. The van der Waals surface area contributed by atoms with E-state index < -0.39 is 5.92 Å². The second-order valence-corrected chi connectivity index (χ2v) is 6.59. The van der Waals surface area contributed by atoms with E-state index in [1.165, 1.54) is 0 Å². The van der Waals surface area contributed by atoms with E-state index in [1.54, 1.807) is 22.8 Å². The van der Waals surface area contributed by atoms with Gasteiger partial charge in [0.2, 0.25) is 17.8 Å². The molecule has 1 atom stereocenters. The third-order valence-electron chi connectivity index (χ3n) is 4.40. The van der Waals surface area contributed by atoms with Crippen LogP contribution in [0.2, 0.25) is 0 Å². The fraction of sp³-hybridized carbons (Fsp3) is 0.444. The zero-order chi connectivity index (χ0) is 18.8. The van der Waals surface area contributed by atoms with Crippen LogP contribution in [0, 0.1) is 12.8 Å². The maximum atomic E-state index is 12.6. The summed E-state index contributed by atoms with van der Waals surface area (Å²) in [4.78, 5) is 30.8. The highest BCUT2D eigenvalue weighted by Crippen LogP contribution is 2.33. The van der Waals surface area contributed by atoms with Crippen LogP contribution in [0.5, 0.6) is 5.75 Å². The number of aryl methyl sites for hydroxylation is 1. The number of amides is 2. The minimum Gasteiger partial charge on any atom is -0.495 e. The van der Waals surface area contributed by atoms with Crippen LogP contribution in [0.15, 0.2) is 24.3 Å². The van der Waals surface area contributed by atoms with Crippen LogP contribution >= 0.6 is 0 Å². The van der Waals surface area contributed by atoms with Crippen molar-refractivity contribution in [1.29, 1.82) is 0 Å². The fourth-order valence-electron chi connectivity index (χ4n) is 3.12. The van der Waals surface area contributed by atoms with Gasteiger partial charge >= 0.3 is 0 Å². The van der Waals surface area contributed by atoms with Crippen molar-refractivity contribution in [2.75, 3.05) is 23.9 Å². The van der Waals surface area contributed by atoms with Gasteiger partial charge in [0.15, 0.2) is 0 Å². The van der Waals surface area contributed by atoms with Crippen LogP contribution in [-0.2, 0) is 9.59 Å². The summed E-state index contributed by atoms with van der Waals surface area (Å²) >= 11 is 0. The highest BCUT2D eigenvalue weighted by atomic mass is 16.5. The fourth-order valence-corrected chi connectivity index (χ4v) is 3.12. The van der Waals surface area contributed by atoms with Gasteiger partial charge in [-0.2, -0.15) is 4.98 Å². The number of hydrogen-bond acceptors (Lipinski definition) is 5. The number of nitrogens with one attached hydrogen (secondary N) is 1. The predicted octanol–water partition coefficient (Wildman–Crippen LogP) is 2.17. The Kier molecular flexibility index (Phi) is 4.92. The summed E-state index contributed by atoms with van der Waals surface area (Å²) < 4.78 is 7.07. The molecular formula is C18H23N5O3. The molecule has 1 aliphatic heterocycles. The van der Waals surface area contributed by atoms with Crippen LogP contribution in [0.3, 0.4) is 0 Å². The van der Waals surface area contributed by atoms with Crippen LogP contribution < -0.4 is 15.0 Å². The van der Waals surface area contributed by atoms with E-state index in [1.807, 2.05) is 39.0 Å². The summed E-state index contributed by atoms with van der Waals surface area (Å²) in [5.41, 5.74) is 0.674. The number of ether oxygens (including phenoxy) is 1. The molecule has 0 aliphatic carbocycles. The van der Waals surface area contributed by atoms with Gasteiger partial charge in [-0.25, -0.2) is 4.68 Å². The summed E-state index contributed by atoms with van der Waals surface area (Å²) in [5, 5.41) is 7.03. The van der Waals surface area contributed by atoms with E-state index in [4.69, 9.17) is 4.74 Å². The first-order valence-corrected chi connectivity index (χ1v) is 8.58. The summed E-state index contributed by atoms with van der Waals surface area (Å²) in [6, 6.07) is 7.44. The highest BCUT2D eigenvalue weighted by molar-refractivity contribution is 6.03. The summed E-state index contributed by atoms with van der Waals surface area (Å²) in [6.07, 6.45) is 0.147. The average molecular weight is 357 g/mol. The maximum Gasteiger partial charge on any atom is 0.248 e. The number of rotatable bonds is 5. The molecule has 138 valence electrons. The molecule has 0 saturated carbocycles. The number of methoxy groups -OCH3 is 1. The van der Waals surface area contributed by atoms with Gasteiger partial charge in [-0.05, 0) is 32.9 Å². The number of para-hydroxylation sites is 2. The Morgan fingerprint density at radius 2 is 2.08 bits per heavy atom. The molecule has 3 rings (SSSR count). The van der Waals surface area contributed by atoms with Gasteiger partial charge in [0.25, 0.3) is 0 Å². The van der Waals surface area contributed by atoms with Gasteiger partial charge in [0.05, 0.1) is 18.7 Å². The number of nitrogens with zero attached hydrogens (tertiary/aromatic N) is 4. The first-order chi connectivity index (χ1) is 12.4. The number of anilines is 2. The van der Waals surface area contributed by atoms with Crippen LogP contribution in [-0.4, -0.2) is 40.2 Å². The van der Waals surface area contributed by atoms with Crippen molar-refractivity contribution >= 4 is 23.5 Å². The van der Waals surface area contributed by atoms with Crippen LogP contribution in [0.4, 0.5) is 11.6 Å². The first kappa shape index (κ1) is 17.9. The van der Waals surface area contributed by atoms with Gasteiger partial charge in [-0.3, -0.25) is 14.9 Å². The Balaban J connectivity index is 1.72. The van der Waals surface area contributed by atoms with E-state index in [9.17, 15) is 9.59 Å². The molecule has 1 N–H and O–H groups in total. The molecule has 2 amide bonds. The van der Waals surface area contributed by atoms with Crippen molar-refractivity contribution in [1.82, 2.24) is 14.8 Å². The second-order valence-electron chi connectivity index (χ2n) is 6.59. The van der Waals surface area contributed by atoms with E-state index in [0.717, 1.165) is 5.82 Å². The van der Waals surface area contributed by atoms with Gasteiger partial charge in [-0.1, -0.05) is 12.1 Å². The maximum absolute atomic E-state index is 12.6. The van der Waals surface area contributed by atoms with Crippen molar-refractivity contribution in [3.05, 3.63) is 30.1 Å². The van der Waals surface area contributed by atoms with Crippen molar-refractivity contribution in [3.63, 3.8) is 0 Å². The molecule has 1 aromatic carbocycles. The predicted molar refractivity (Wildman–Crippen MR) is 97.2 cm³/mol. The van der Waals surface area contributed by atoms with Gasteiger partial charge < -0.3 is 9.64 Å². The molecule has 1 saturated heterocycles. The van der Waals surface area contributed by atoms with E-state index in [0.29, 0.717) is 18.0 Å². The third-order valence-corrected chi connectivity index (χ3v) is 4.40. The molecule has 8 heteroatoms. The quantitative estimate of drug-likeness (QED) is 0.886. The Hall–Kier alpha value is -2.90. The van der Waals surface area contributed by atoms with Crippen molar-refractivity contribution < 1.29 is 14.3 Å². The molecule has 1 aliphatic rings. The third kappa shape index (κ3) is 3.40. The zero-order valence-electron chi connectivity index (χ0n) is 15.4. The minimum atomic E-state index is -0.460. The Morgan fingerprint density at radius 3 is 2.73 bits per heavy atom. The van der Waals surface area contributed by atoms with Gasteiger partial charge in [-0.15, -0.1) is 5.10 Å². The van der Waals surface area contributed by atoms with Crippen molar-refractivity contribution in [2.45, 2.75) is 33.2 Å². The largest absolute Gasteiger partial charge is 0.495 e. The standard InChI is InChI=1S/C18H23N5O3/c1-11(2)23-12(3)19-18(21-23)20-17(25)13-9-16(24)22(10-13)14-7-5-6-8-15(14)26-4/h5-8,11,13H,9-10H2,1-4H3,(H,20,21,25). The molecule has 0 radical (unpaired) electrons. The summed E-state index contributed by atoms with van der Waals surface area (Å²) in [7, 11) is 1.56. The van der Waals surface area contributed by atoms with E-state index in [2.05, 4.69) is 15.4 Å². The lowest BCUT2D eigenvalue weighted by atomic mass is 10.1. The average Bonchev–Trinajstić information content (AvgIpc) is 3.17. The van der Waals surface area contributed by atoms with Gasteiger partial charge in [0.1, 0.15) is 11.6 Å². The summed E-state index contributed by atoms with van der Waals surface area (Å²) in [5.74, 6) is 0.787. The Morgan fingerprint density at radius 1 is 1.35 bits per heavy atom. The monoisotopic (exact) mass is 357 g/mol. The molecule has 26 heavy (non-hydrogen) atoms. The molecular weight excluding hydrogens is 334 g/mol. The second kappa shape index (κ2) is 7.15. The molecule has 0 spiro atoms. The van der Waals surface area contributed by atoms with Crippen molar-refractivity contribution in [2.24, 2.45) is 5.92 Å². The lowest BCUT2D eigenvalue weighted by molar-refractivity contribution is -0.122.